The minimum Gasteiger partial charge on any atom is -0.313 e. The zero-order valence-corrected chi connectivity index (χ0v) is 12.9. The predicted octanol–water partition coefficient (Wildman–Crippen LogP) is 4.76. The molecule has 2 rings (SSSR count). The molecule has 4 heteroatoms. The molecule has 1 N–H and O–H groups in total. The number of nitrogens with one attached hydrogen (secondary N) is 1. The molecule has 0 fully saturated rings. The Morgan fingerprint density at radius 2 is 1.90 bits per heavy atom. The SMILES string of the molecule is CCCNCc1cccc(SCc2cccc(F)c2F)c1. The molecule has 0 atom stereocenters. The lowest BCUT2D eigenvalue weighted by molar-refractivity contribution is 0.502. The summed E-state index contributed by atoms with van der Waals surface area (Å²) in [5.74, 6) is -1.11. The van der Waals surface area contributed by atoms with Gasteiger partial charge in [0.2, 0.25) is 0 Å². The van der Waals surface area contributed by atoms with Crippen LogP contribution in [-0.2, 0) is 12.3 Å². The zero-order chi connectivity index (χ0) is 15.1. The summed E-state index contributed by atoms with van der Waals surface area (Å²) in [5.41, 5.74) is 1.60. The summed E-state index contributed by atoms with van der Waals surface area (Å²) in [6, 6.07) is 12.4. The molecule has 0 saturated heterocycles. The lowest BCUT2D eigenvalue weighted by Crippen LogP contribution is -2.13. The van der Waals surface area contributed by atoms with Gasteiger partial charge in [-0.1, -0.05) is 31.2 Å². The van der Waals surface area contributed by atoms with E-state index < -0.39 is 11.6 Å². The maximum absolute atomic E-state index is 13.6. The van der Waals surface area contributed by atoms with Gasteiger partial charge in [0, 0.05) is 22.8 Å². The van der Waals surface area contributed by atoms with Crippen molar-refractivity contribution in [2.75, 3.05) is 6.54 Å². The van der Waals surface area contributed by atoms with Crippen molar-refractivity contribution in [2.24, 2.45) is 0 Å². The highest BCUT2D eigenvalue weighted by atomic mass is 32.2. The largest absolute Gasteiger partial charge is 0.313 e. The molecule has 0 unspecified atom stereocenters. The third kappa shape index (κ3) is 4.83. The smallest absolute Gasteiger partial charge is 0.162 e. The molecule has 0 radical (unpaired) electrons. The molecule has 2 aromatic rings. The average Bonchev–Trinajstić information content (AvgIpc) is 2.50. The Balaban J connectivity index is 1.96. The number of thioether (sulfide) groups is 1. The molecule has 0 aliphatic rings. The summed E-state index contributed by atoms with van der Waals surface area (Å²) in [6.45, 7) is 3.95. The van der Waals surface area contributed by atoms with Gasteiger partial charge in [-0.15, -0.1) is 11.8 Å². The van der Waals surface area contributed by atoms with Crippen molar-refractivity contribution in [3.05, 3.63) is 65.2 Å². The second-order valence-corrected chi connectivity index (χ2v) is 5.87. The first-order valence-electron chi connectivity index (χ1n) is 7.06. The Hall–Kier alpha value is -1.39. The van der Waals surface area contributed by atoms with Crippen molar-refractivity contribution < 1.29 is 8.78 Å². The van der Waals surface area contributed by atoms with Gasteiger partial charge in [-0.3, -0.25) is 0 Å². The fourth-order valence-corrected chi connectivity index (χ4v) is 2.93. The van der Waals surface area contributed by atoms with E-state index in [1.165, 1.54) is 17.3 Å². The van der Waals surface area contributed by atoms with Gasteiger partial charge in [-0.2, -0.15) is 0 Å². The van der Waals surface area contributed by atoms with Crippen LogP contribution < -0.4 is 5.32 Å². The molecule has 0 aliphatic heterocycles. The Labute approximate surface area is 128 Å². The zero-order valence-electron chi connectivity index (χ0n) is 12.0. The van der Waals surface area contributed by atoms with Crippen molar-refractivity contribution in [1.82, 2.24) is 5.32 Å². The van der Waals surface area contributed by atoms with E-state index in [4.69, 9.17) is 0 Å². The van der Waals surface area contributed by atoms with Crippen LogP contribution in [0.15, 0.2) is 47.4 Å². The Bertz CT molecular complexity index is 587. The number of halogens is 2. The van der Waals surface area contributed by atoms with Crippen LogP contribution in [0.1, 0.15) is 24.5 Å². The van der Waals surface area contributed by atoms with Crippen molar-refractivity contribution in [2.45, 2.75) is 30.5 Å². The van der Waals surface area contributed by atoms with Crippen LogP contribution in [0.25, 0.3) is 0 Å². The topological polar surface area (TPSA) is 12.0 Å². The van der Waals surface area contributed by atoms with E-state index >= 15 is 0 Å². The van der Waals surface area contributed by atoms with E-state index in [0.29, 0.717) is 11.3 Å². The van der Waals surface area contributed by atoms with E-state index in [0.717, 1.165) is 30.5 Å². The highest BCUT2D eigenvalue weighted by molar-refractivity contribution is 7.98. The summed E-state index contributed by atoms with van der Waals surface area (Å²) in [7, 11) is 0. The normalized spacial score (nSPS) is 10.8. The molecule has 0 saturated carbocycles. The fourth-order valence-electron chi connectivity index (χ4n) is 1.98. The number of benzene rings is 2. The van der Waals surface area contributed by atoms with Gasteiger partial charge in [0.25, 0.3) is 0 Å². The minimum absolute atomic E-state index is 0.398. The third-order valence-corrected chi connectivity index (χ3v) is 4.12. The first-order chi connectivity index (χ1) is 10.2. The van der Waals surface area contributed by atoms with Crippen LogP contribution in [-0.4, -0.2) is 6.54 Å². The Kier molecular flexibility index (Phi) is 6.21. The van der Waals surface area contributed by atoms with Crippen molar-refractivity contribution in [3.8, 4) is 0 Å². The molecule has 0 amide bonds. The van der Waals surface area contributed by atoms with Crippen molar-refractivity contribution in [1.29, 1.82) is 0 Å². The first kappa shape index (κ1) is 16.0. The van der Waals surface area contributed by atoms with E-state index in [9.17, 15) is 8.78 Å². The molecular weight excluding hydrogens is 288 g/mol. The Morgan fingerprint density at radius 1 is 1.10 bits per heavy atom. The molecule has 0 bridgehead atoms. The molecular formula is C17H19F2NS. The molecule has 21 heavy (non-hydrogen) atoms. The van der Waals surface area contributed by atoms with Crippen molar-refractivity contribution >= 4 is 11.8 Å². The van der Waals surface area contributed by atoms with Crippen LogP contribution in [0.2, 0.25) is 0 Å². The molecule has 0 heterocycles. The minimum atomic E-state index is -0.786. The van der Waals surface area contributed by atoms with E-state index in [1.807, 2.05) is 12.1 Å². The molecule has 0 spiro atoms. The maximum atomic E-state index is 13.6. The quantitative estimate of drug-likeness (QED) is 0.585. The monoisotopic (exact) mass is 307 g/mol. The summed E-state index contributed by atoms with van der Waals surface area (Å²) in [4.78, 5) is 1.06. The predicted molar refractivity (Wildman–Crippen MR) is 84.4 cm³/mol. The van der Waals surface area contributed by atoms with Crippen LogP contribution >= 0.6 is 11.8 Å². The first-order valence-corrected chi connectivity index (χ1v) is 8.04. The van der Waals surface area contributed by atoms with E-state index in [2.05, 4.69) is 24.4 Å². The lowest BCUT2D eigenvalue weighted by atomic mass is 10.2. The van der Waals surface area contributed by atoms with Crippen LogP contribution in [0.5, 0.6) is 0 Å². The second-order valence-electron chi connectivity index (χ2n) is 4.83. The van der Waals surface area contributed by atoms with Gasteiger partial charge in [-0.25, -0.2) is 8.78 Å². The third-order valence-electron chi connectivity index (χ3n) is 3.08. The van der Waals surface area contributed by atoms with Crippen LogP contribution in [0, 0.1) is 11.6 Å². The van der Waals surface area contributed by atoms with Crippen LogP contribution in [0.4, 0.5) is 8.78 Å². The van der Waals surface area contributed by atoms with E-state index in [1.54, 1.807) is 12.1 Å². The fraction of sp³-hybridized carbons (Fsp3) is 0.294. The average molecular weight is 307 g/mol. The van der Waals surface area contributed by atoms with E-state index in [-0.39, 0.29) is 0 Å². The summed E-state index contributed by atoms with van der Waals surface area (Å²) in [6.07, 6.45) is 1.10. The molecule has 1 nitrogen and oxygen atoms in total. The van der Waals surface area contributed by atoms with Crippen molar-refractivity contribution in [3.63, 3.8) is 0 Å². The van der Waals surface area contributed by atoms with Gasteiger partial charge < -0.3 is 5.32 Å². The van der Waals surface area contributed by atoms with Gasteiger partial charge in [0.15, 0.2) is 11.6 Å². The molecule has 112 valence electrons. The highest BCUT2D eigenvalue weighted by Crippen LogP contribution is 2.25. The standard InChI is InChI=1S/C17H19F2NS/c1-2-9-20-11-13-5-3-7-15(10-13)21-12-14-6-4-8-16(18)17(14)19/h3-8,10,20H,2,9,11-12H2,1H3. The lowest BCUT2D eigenvalue weighted by Gasteiger charge is -2.07. The number of hydrogen-bond donors (Lipinski definition) is 1. The van der Waals surface area contributed by atoms with Gasteiger partial charge in [0.05, 0.1) is 0 Å². The number of hydrogen-bond acceptors (Lipinski definition) is 2. The summed E-state index contributed by atoms with van der Waals surface area (Å²) < 4.78 is 26.7. The highest BCUT2D eigenvalue weighted by Gasteiger charge is 2.07. The second kappa shape index (κ2) is 8.15. The Morgan fingerprint density at radius 3 is 2.71 bits per heavy atom. The molecule has 0 aromatic heterocycles. The van der Waals surface area contributed by atoms with Gasteiger partial charge >= 0.3 is 0 Å². The molecule has 0 aliphatic carbocycles. The van der Waals surface area contributed by atoms with Gasteiger partial charge in [-0.05, 0) is 36.7 Å². The number of rotatable bonds is 7. The van der Waals surface area contributed by atoms with Crippen LogP contribution in [0.3, 0.4) is 0 Å². The molecule has 2 aromatic carbocycles. The summed E-state index contributed by atoms with van der Waals surface area (Å²) >= 11 is 1.52. The maximum Gasteiger partial charge on any atom is 0.162 e. The van der Waals surface area contributed by atoms with Gasteiger partial charge in [0.1, 0.15) is 0 Å². The summed E-state index contributed by atoms with van der Waals surface area (Å²) in [5, 5.41) is 3.35.